The van der Waals surface area contributed by atoms with Gasteiger partial charge < -0.3 is 9.47 Å². The lowest BCUT2D eigenvalue weighted by atomic mass is 10.1. The van der Waals surface area contributed by atoms with E-state index in [1.54, 1.807) is 0 Å². The average Bonchev–Trinajstić information content (AvgIpc) is 2.83. The fourth-order valence-electron chi connectivity index (χ4n) is 2.72. The van der Waals surface area contributed by atoms with Gasteiger partial charge in [-0.25, -0.2) is 0 Å². The smallest absolute Gasteiger partial charge is 0.0480 e. The molecule has 0 fully saturated rings. The van der Waals surface area contributed by atoms with Crippen LogP contribution in [0.1, 0.15) is 5.56 Å². The van der Waals surface area contributed by atoms with Crippen molar-refractivity contribution in [3.05, 3.63) is 66.4 Å². The monoisotopic (exact) mass is 264 g/mol. The molecule has 0 amide bonds. The Morgan fingerprint density at radius 3 is 2.45 bits per heavy atom. The molecule has 0 aliphatic heterocycles. The maximum Gasteiger partial charge on any atom is 0.0480 e. The molecule has 0 spiro atoms. The third-order valence-corrected chi connectivity index (χ3v) is 3.89. The summed E-state index contributed by atoms with van der Waals surface area (Å²) in [4.78, 5) is 2.31. The lowest BCUT2D eigenvalue weighted by molar-refractivity contribution is 0.870. The van der Waals surface area contributed by atoms with E-state index in [1.807, 2.05) is 0 Å². The highest BCUT2D eigenvalue weighted by Crippen LogP contribution is 2.21. The Balaban J connectivity index is 1.77. The van der Waals surface area contributed by atoms with Crippen LogP contribution in [0.25, 0.3) is 10.9 Å². The van der Waals surface area contributed by atoms with Gasteiger partial charge in [0.05, 0.1) is 0 Å². The topological polar surface area (TPSA) is 8.17 Å². The number of para-hydroxylation sites is 2. The molecule has 0 saturated heterocycles. The summed E-state index contributed by atoms with van der Waals surface area (Å²) in [5.74, 6) is 0. The number of aromatic nitrogens is 1. The van der Waals surface area contributed by atoms with Crippen LogP contribution in [-0.4, -0.2) is 18.2 Å². The van der Waals surface area contributed by atoms with Crippen LogP contribution < -0.4 is 4.90 Å². The molecule has 0 unspecified atom stereocenters. The van der Waals surface area contributed by atoms with E-state index >= 15 is 0 Å². The number of fused-ring (bicyclic) bond motifs is 1. The Kier molecular flexibility index (Phi) is 3.46. The van der Waals surface area contributed by atoms with E-state index in [9.17, 15) is 0 Å². The van der Waals surface area contributed by atoms with Crippen LogP contribution in [0, 0.1) is 0 Å². The fraction of sp³-hybridized carbons (Fsp3) is 0.222. The zero-order valence-corrected chi connectivity index (χ0v) is 12.1. The highest BCUT2D eigenvalue weighted by Gasteiger charge is 2.07. The maximum absolute atomic E-state index is 2.31. The fourth-order valence-corrected chi connectivity index (χ4v) is 2.72. The van der Waals surface area contributed by atoms with Crippen LogP contribution in [0.15, 0.2) is 60.8 Å². The van der Waals surface area contributed by atoms with E-state index in [-0.39, 0.29) is 0 Å². The van der Waals surface area contributed by atoms with Crippen LogP contribution >= 0.6 is 0 Å². The molecule has 1 heterocycles. The molecule has 20 heavy (non-hydrogen) atoms. The van der Waals surface area contributed by atoms with Crippen molar-refractivity contribution in [2.45, 2.75) is 6.42 Å². The van der Waals surface area contributed by atoms with Crippen LogP contribution in [0.2, 0.25) is 0 Å². The van der Waals surface area contributed by atoms with Gasteiger partial charge in [-0.2, -0.15) is 0 Å². The van der Waals surface area contributed by atoms with Crippen molar-refractivity contribution in [3.63, 3.8) is 0 Å². The largest absolute Gasteiger partial charge is 0.374 e. The van der Waals surface area contributed by atoms with Gasteiger partial charge in [0.15, 0.2) is 0 Å². The van der Waals surface area contributed by atoms with Gasteiger partial charge in [-0.1, -0.05) is 36.4 Å². The van der Waals surface area contributed by atoms with Crippen LogP contribution in [0.4, 0.5) is 5.69 Å². The highest BCUT2D eigenvalue weighted by molar-refractivity contribution is 5.83. The number of likely N-dealkylation sites (N-methyl/N-ethyl adjacent to an activating group) is 1. The molecular formula is C18H20N2. The summed E-state index contributed by atoms with van der Waals surface area (Å²) in [7, 11) is 4.27. The first kappa shape index (κ1) is 12.8. The quantitative estimate of drug-likeness (QED) is 0.694. The third-order valence-electron chi connectivity index (χ3n) is 3.89. The minimum atomic E-state index is 1.03. The minimum Gasteiger partial charge on any atom is -0.374 e. The van der Waals surface area contributed by atoms with E-state index in [1.165, 1.54) is 22.2 Å². The Morgan fingerprint density at radius 2 is 1.65 bits per heavy atom. The molecule has 0 aliphatic carbocycles. The molecule has 0 N–H and O–H groups in total. The molecule has 102 valence electrons. The summed E-state index contributed by atoms with van der Waals surface area (Å²) in [6.45, 7) is 1.03. The molecule has 2 nitrogen and oxygen atoms in total. The number of aryl methyl sites for hydroxylation is 1. The second-order valence-corrected chi connectivity index (χ2v) is 5.29. The molecule has 2 heteroatoms. The van der Waals surface area contributed by atoms with Crippen molar-refractivity contribution >= 4 is 16.6 Å². The van der Waals surface area contributed by atoms with E-state index in [0.717, 1.165) is 13.0 Å². The van der Waals surface area contributed by atoms with Crippen molar-refractivity contribution in [3.8, 4) is 0 Å². The van der Waals surface area contributed by atoms with Gasteiger partial charge in [0.2, 0.25) is 0 Å². The highest BCUT2D eigenvalue weighted by atomic mass is 15.1. The van der Waals surface area contributed by atoms with E-state index in [0.29, 0.717) is 0 Å². The van der Waals surface area contributed by atoms with Gasteiger partial charge in [-0.05, 0) is 30.2 Å². The van der Waals surface area contributed by atoms with Crippen molar-refractivity contribution in [2.75, 3.05) is 18.5 Å². The normalized spacial score (nSPS) is 10.9. The Hall–Kier alpha value is -2.22. The first-order valence-electron chi connectivity index (χ1n) is 7.05. The number of nitrogens with zero attached hydrogens (tertiary/aromatic N) is 2. The number of hydrogen-bond acceptors (Lipinski definition) is 1. The molecule has 2 aromatic carbocycles. The van der Waals surface area contributed by atoms with Gasteiger partial charge >= 0.3 is 0 Å². The van der Waals surface area contributed by atoms with Crippen molar-refractivity contribution < 1.29 is 0 Å². The first-order valence-corrected chi connectivity index (χ1v) is 7.05. The van der Waals surface area contributed by atoms with Crippen molar-refractivity contribution in [2.24, 2.45) is 7.05 Å². The predicted molar refractivity (Wildman–Crippen MR) is 86.3 cm³/mol. The Labute approximate surface area is 120 Å². The summed E-state index contributed by atoms with van der Waals surface area (Å²) in [6, 6.07) is 19.2. The molecule has 0 aliphatic rings. The third kappa shape index (κ3) is 2.42. The molecule has 3 rings (SSSR count). The zero-order chi connectivity index (χ0) is 13.9. The minimum absolute atomic E-state index is 1.03. The van der Waals surface area contributed by atoms with Crippen LogP contribution in [0.3, 0.4) is 0 Å². The lowest BCUT2D eigenvalue weighted by Gasteiger charge is -2.18. The summed E-state index contributed by atoms with van der Waals surface area (Å²) in [5.41, 5.74) is 4.00. The van der Waals surface area contributed by atoms with E-state index < -0.39 is 0 Å². The van der Waals surface area contributed by atoms with E-state index in [4.69, 9.17) is 0 Å². The Morgan fingerprint density at radius 1 is 0.950 bits per heavy atom. The van der Waals surface area contributed by atoms with Gasteiger partial charge in [0.25, 0.3) is 0 Å². The standard InChI is InChI=1S/C18H20N2/c1-19(16-8-4-3-5-9-16)13-12-15-14-20(2)18-11-7-6-10-17(15)18/h3-11,14H,12-13H2,1-2H3. The summed E-state index contributed by atoms with van der Waals surface area (Å²) >= 11 is 0. The number of rotatable bonds is 4. The second kappa shape index (κ2) is 5.41. The van der Waals surface area contributed by atoms with Gasteiger partial charge in [0, 0.05) is 43.4 Å². The van der Waals surface area contributed by atoms with Crippen molar-refractivity contribution in [1.29, 1.82) is 0 Å². The molecule has 0 bridgehead atoms. The number of hydrogen-bond donors (Lipinski definition) is 0. The van der Waals surface area contributed by atoms with Gasteiger partial charge in [-0.15, -0.1) is 0 Å². The Bertz CT molecular complexity index is 698. The van der Waals surface area contributed by atoms with Crippen molar-refractivity contribution in [1.82, 2.24) is 4.57 Å². The predicted octanol–water partition coefficient (Wildman–Crippen LogP) is 3.86. The second-order valence-electron chi connectivity index (χ2n) is 5.29. The molecule has 0 radical (unpaired) electrons. The molecule has 0 saturated carbocycles. The lowest BCUT2D eigenvalue weighted by Crippen LogP contribution is -2.19. The number of anilines is 1. The maximum atomic E-state index is 2.31. The summed E-state index contributed by atoms with van der Waals surface area (Å²) in [6.07, 6.45) is 3.32. The van der Waals surface area contributed by atoms with E-state index in [2.05, 4.69) is 84.4 Å². The average molecular weight is 264 g/mol. The SMILES string of the molecule is CN(CCc1cn(C)c2ccccc12)c1ccccc1. The molecular weight excluding hydrogens is 244 g/mol. The molecule has 0 atom stereocenters. The summed E-state index contributed by atoms with van der Waals surface area (Å²) < 4.78 is 2.22. The van der Waals surface area contributed by atoms with Gasteiger partial charge in [0.1, 0.15) is 0 Å². The molecule has 1 aromatic heterocycles. The van der Waals surface area contributed by atoms with Crippen LogP contribution in [-0.2, 0) is 13.5 Å². The summed E-state index contributed by atoms with van der Waals surface area (Å²) in [5, 5.41) is 1.37. The van der Waals surface area contributed by atoms with Gasteiger partial charge in [-0.3, -0.25) is 0 Å². The first-order chi connectivity index (χ1) is 9.75. The van der Waals surface area contributed by atoms with Crippen LogP contribution in [0.5, 0.6) is 0 Å². The zero-order valence-electron chi connectivity index (χ0n) is 12.1. The molecule has 3 aromatic rings. The number of benzene rings is 2.